The fourth-order valence-corrected chi connectivity index (χ4v) is 3.75. The van der Waals surface area contributed by atoms with Gasteiger partial charge in [0.25, 0.3) is 11.8 Å². The predicted octanol–water partition coefficient (Wildman–Crippen LogP) is 4.47. The summed E-state index contributed by atoms with van der Waals surface area (Å²) in [6.45, 7) is 1.97. The molecular weight excluding hydrogens is 402 g/mol. The average molecular weight is 428 g/mol. The number of imide groups is 1. The van der Waals surface area contributed by atoms with Gasteiger partial charge in [-0.3, -0.25) is 9.59 Å². The van der Waals surface area contributed by atoms with Crippen LogP contribution in [0.3, 0.4) is 0 Å². The van der Waals surface area contributed by atoms with E-state index in [9.17, 15) is 9.59 Å². The number of para-hydroxylation sites is 1. The first-order chi connectivity index (χ1) is 15.4. The number of amides is 2. The molecule has 0 atom stereocenters. The number of carbonyl (C=O) groups excluding carboxylic acids is 2. The highest BCUT2D eigenvalue weighted by Crippen LogP contribution is 2.37. The fraction of sp³-hybridized carbons (Fsp3) is 0.154. The minimum absolute atomic E-state index is 0.224. The largest absolute Gasteiger partial charge is 0.496 e. The van der Waals surface area contributed by atoms with Gasteiger partial charge in [0.15, 0.2) is 0 Å². The second-order valence-electron chi connectivity index (χ2n) is 7.80. The molecule has 0 spiro atoms. The van der Waals surface area contributed by atoms with E-state index in [1.165, 1.54) is 4.90 Å². The molecule has 162 valence electrons. The van der Waals surface area contributed by atoms with Crippen LogP contribution in [0.1, 0.15) is 11.1 Å². The number of ether oxygens (including phenoxy) is 1. The van der Waals surface area contributed by atoms with Crippen LogP contribution in [0.15, 0.2) is 78.5 Å². The van der Waals surface area contributed by atoms with Crippen LogP contribution in [-0.2, 0) is 9.59 Å². The van der Waals surface area contributed by atoms with Crippen LogP contribution in [0.25, 0.3) is 5.57 Å². The Kier molecular flexibility index (Phi) is 5.69. The van der Waals surface area contributed by atoms with Gasteiger partial charge in [0.1, 0.15) is 11.4 Å². The van der Waals surface area contributed by atoms with Gasteiger partial charge in [0.05, 0.1) is 18.4 Å². The average Bonchev–Trinajstić information content (AvgIpc) is 3.03. The summed E-state index contributed by atoms with van der Waals surface area (Å²) in [7, 11) is 5.42. The van der Waals surface area contributed by atoms with Gasteiger partial charge in [-0.1, -0.05) is 30.3 Å². The van der Waals surface area contributed by atoms with E-state index in [1.807, 2.05) is 74.4 Å². The van der Waals surface area contributed by atoms with E-state index in [2.05, 4.69) is 5.32 Å². The van der Waals surface area contributed by atoms with Crippen molar-refractivity contribution in [3.8, 4) is 5.75 Å². The molecule has 0 unspecified atom stereocenters. The van der Waals surface area contributed by atoms with Crippen LogP contribution in [0, 0.1) is 6.92 Å². The molecule has 0 saturated heterocycles. The van der Waals surface area contributed by atoms with E-state index in [4.69, 9.17) is 4.74 Å². The molecule has 0 bridgehead atoms. The van der Waals surface area contributed by atoms with Gasteiger partial charge in [-0.05, 0) is 55.0 Å². The Morgan fingerprint density at radius 1 is 0.875 bits per heavy atom. The van der Waals surface area contributed by atoms with Crippen LogP contribution < -0.4 is 19.9 Å². The molecule has 1 heterocycles. The summed E-state index contributed by atoms with van der Waals surface area (Å²) in [5, 5.41) is 3.19. The number of benzene rings is 3. The first-order valence-corrected chi connectivity index (χ1v) is 10.3. The summed E-state index contributed by atoms with van der Waals surface area (Å²) in [4.78, 5) is 30.3. The van der Waals surface area contributed by atoms with Crippen molar-refractivity contribution in [2.24, 2.45) is 0 Å². The predicted molar refractivity (Wildman–Crippen MR) is 128 cm³/mol. The maximum Gasteiger partial charge on any atom is 0.282 e. The standard InChI is InChI=1S/C26H25N3O3/c1-17-8-7-9-18(16-17)27-24-23(21-10-5-6-11-22(21)32-4)25(30)29(26(24)31)20-14-12-19(13-15-20)28(2)3/h5-16,27H,1-4H3. The van der Waals surface area contributed by atoms with Crippen molar-refractivity contribution in [1.82, 2.24) is 0 Å². The molecule has 4 rings (SSSR count). The van der Waals surface area contributed by atoms with Crippen molar-refractivity contribution in [1.29, 1.82) is 0 Å². The van der Waals surface area contributed by atoms with Gasteiger partial charge in [0.2, 0.25) is 0 Å². The fourth-order valence-electron chi connectivity index (χ4n) is 3.75. The van der Waals surface area contributed by atoms with Gasteiger partial charge < -0.3 is 15.0 Å². The third-order valence-electron chi connectivity index (χ3n) is 5.37. The number of methoxy groups -OCH3 is 1. The summed E-state index contributed by atoms with van der Waals surface area (Å²) in [6.07, 6.45) is 0. The number of nitrogens with zero attached hydrogens (tertiary/aromatic N) is 2. The highest BCUT2D eigenvalue weighted by molar-refractivity contribution is 6.46. The zero-order valence-electron chi connectivity index (χ0n) is 18.5. The van der Waals surface area contributed by atoms with Gasteiger partial charge in [-0.15, -0.1) is 0 Å². The van der Waals surface area contributed by atoms with Gasteiger partial charge in [-0.25, -0.2) is 4.90 Å². The third-order valence-corrected chi connectivity index (χ3v) is 5.37. The Morgan fingerprint density at radius 2 is 1.59 bits per heavy atom. The Balaban J connectivity index is 1.83. The molecule has 1 aliphatic heterocycles. The van der Waals surface area contributed by atoms with Crippen molar-refractivity contribution in [2.45, 2.75) is 6.92 Å². The summed E-state index contributed by atoms with van der Waals surface area (Å²) >= 11 is 0. The van der Waals surface area contributed by atoms with Crippen molar-refractivity contribution >= 4 is 34.4 Å². The van der Waals surface area contributed by atoms with Crippen molar-refractivity contribution in [3.05, 3.63) is 89.6 Å². The number of aryl methyl sites for hydroxylation is 1. The van der Waals surface area contributed by atoms with Gasteiger partial charge in [0, 0.05) is 31.0 Å². The first-order valence-electron chi connectivity index (χ1n) is 10.3. The Hall–Kier alpha value is -4.06. The molecule has 3 aromatic carbocycles. The van der Waals surface area contributed by atoms with Crippen molar-refractivity contribution < 1.29 is 14.3 Å². The monoisotopic (exact) mass is 427 g/mol. The SMILES string of the molecule is COc1ccccc1C1=C(Nc2cccc(C)c2)C(=O)N(c2ccc(N(C)C)cc2)C1=O. The maximum atomic E-state index is 13.6. The molecule has 0 radical (unpaired) electrons. The summed E-state index contributed by atoms with van der Waals surface area (Å²) in [6, 6.07) is 22.2. The lowest BCUT2D eigenvalue weighted by Crippen LogP contribution is -2.32. The van der Waals surface area contributed by atoms with Gasteiger partial charge in [-0.2, -0.15) is 0 Å². The molecule has 2 amide bonds. The quantitative estimate of drug-likeness (QED) is 0.589. The van der Waals surface area contributed by atoms with Crippen LogP contribution in [-0.4, -0.2) is 33.0 Å². The van der Waals surface area contributed by atoms with E-state index < -0.39 is 11.8 Å². The van der Waals surface area contributed by atoms with Crippen LogP contribution in [0.2, 0.25) is 0 Å². The molecule has 1 N–H and O–H groups in total. The first kappa shape index (κ1) is 21.2. The van der Waals surface area contributed by atoms with Crippen LogP contribution in [0.5, 0.6) is 5.75 Å². The highest BCUT2D eigenvalue weighted by Gasteiger charge is 2.41. The lowest BCUT2D eigenvalue weighted by Gasteiger charge is -2.18. The van der Waals surface area contributed by atoms with Gasteiger partial charge >= 0.3 is 0 Å². The Bertz CT molecular complexity index is 1210. The zero-order valence-corrected chi connectivity index (χ0v) is 18.5. The summed E-state index contributed by atoms with van der Waals surface area (Å²) in [5.41, 5.74) is 4.34. The minimum atomic E-state index is -0.407. The number of nitrogens with one attached hydrogen (secondary N) is 1. The topological polar surface area (TPSA) is 61.9 Å². The molecule has 6 nitrogen and oxygen atoms in total. The molecule has 0 aromatic heterocycles. The van der Waals surface area contributed by atoms with E-state index in [0.29, 0.717) is 17.0 Å². The van der Waals surface area contributed by atoms with E-state index in [1.54, 1.807) is 31.4 Å². The lowest BCUT2D eigenvalue weighted by molar-refractivity contribution is -0.120. The van der Waals surface area contributed by atoms with E-state index in [0.717, 1.165) is 16.9 Å². The number of carbonyl (C=O) groups is 2. The summed E-state index contributed by atoms with van der Waals surface area (Å²) < 4.78 is 5.49. The number of hydrogen-bond donors (Lipinski definition) is 1. The lowest BCUT2D eigenvalue weighted by atomic mass is 10.0. The molecule has 0 saturated carbocycles. The number of hydrogen-bond acceptors (Lipinski definition) is 5. The minimum Gasteiger partial charge on any atom is -0.496 e. The maximum absolute atomic E-state index is 13.6. The molecule has 32 heavy (non-hydrogen) atoms. The molecule has 0 aliphatic carbocycles. The smallest absolute Gasteiger partial charge is 0.282 e. The zero-order chi connectivity index (χ0) is 22.8. The van der Waals surface area contributed by atoms with Crippen molar-refractivity contribution in [2.75, 3.05) is 36.3 Å². The molecule has 6 heteroatoms. The summed E-state index contributed by atoms with van der Waals surface area (Å²) in [5.74, 6) is -0.278. The number of rotatable bonds is 6. The van der Waals surface area contributed by atoms with E-state index >= 15 is 0 Å². The molecule has 0 fully saturated rings. The van der Waals surface area contributed by atoms with E-state index in [-0.39, 0.29) is 11.3 Å². The second kappa shape index (κ2) is 8.59. The highest BCUT2D eigenvalue weighted by atomic mass is 16.5. The normalized spacial score (nSPS) is 13.6. The van der Waals surface area contributed by atoms with Crippen LogP contribution in [0.4, 0.5) is 17.1 Å². The Morgan fingerprint density at radius 3 is 2.25 bits per heavy atom. The number of anilines is 3. The van der Waals surface area contributed by atoms with Crippen molar-refractivity contribution in [3.63, 3.8) is 0 Å². The third kappa shape index (κ3) is 3.83. The van der Waals surface area contributed by atoms with Crippen LogP contribution >= 0.6 is 0 Å². The molecule has 1 aliphatic rings. The second-order valence-corrected chi connectivity index (χ2v) is 7.80. The Labute approximate surface area is 187 Å². The molecule has 3 aromatic rings. The molecular formula is C26H25N3O3.